The van der Waals surface area contributed by atoms with Crippen molar-refractivity contribution in [1.82, 2.24) is 5.32 Å². The molecule has 25 heavy (non-hydrogen) atoms. The minimum absolute atomic E-state index is 0.0115. The molecule has 126 valence electrons. The number of hydrogen-bond donors (Lipinski definition) is 1. The Morgan fingerprint density at radius 2 is 1.48 bits per heavy atom. The first-order chi connectivity index (χ1) is 12.4. The largest absolute Gasteiger partial charge is 0.354 e. The molecule has 1 aliphatic heterocycles. The molecule has 3 aromatic rings. The smallest absolute Gasteiger partial charge is 0.110 e. The maximum absolute atomic E-state index is 6.25. The van der Waals surface area contributed by atoms with Gasteiger partial charge in [-0.3, -0.25) is 5.32 Å². The molecule has 2 nitrogen and oxygen atoms in total. The van der Waals surface area contributed by atoms with Crippen molar-refractivity contribution in [3.05, 3.63) is 107 Å². The van der Waals surface area contributed by atoms with Crippen LogP contribution in [0.1, 0.15) is 28.4 Å². The first-order valence-corrected chi connectivity index (χ1v) is 8.92. The van der Waals surface area contributed by atoms with Crippen LogP contribution in [0.25, 0.3) is 0 Å². The zero-order valence-electron chi connectivity index (χ0n) is 14.3. The molecule has 2 heteroatoms. The van der Waals surface area contributed by atoms with E-state index < -0.39 is 0 Å². The molecule has 0 aliphatic carbocycles. The number of ether oxygens (including phenoxy) is 1. The zero-order chi connectivity index (χ0) is 16.9. The average molecular weight is 329 g/mol. The minimum Gasteiger partial charge on any atom is -0.354 e. The van der Waals surface area contributed by atoms with Crippen molar-refractivity contribution in [1.29, 1.82) is 0 Å². The Kier molecular flexibility index (Phi) is 4.91. The molecular weight excluding hydrogens is 306 g/mol. The van der Waals surface area contributed by atoms with Gasteiger partial charge < -0.3 is 4.74 Å². The van der Waals surface area contributed by atoms with Crippen molar-refractivity contribution in [2.24, 2.45) is 0 Å². The highest BCUT2D eigenvalue weighted by molar-refractivity contribution is 5.37. The highest BCUT2D eigenvalue weighted by atomic mass is 16.5. The van der Waals surface area contributed by atoms with Gasteiger partial charge in [-0.25, -0.2) is 0 Å². The van der Waals surface area contributed by atoms with Gasteiger partial charge in [0.05, 0.1) is 6.73 Å². The molecule has 1 N–H and O–H groups in total. The van der Waals surface area contributed by atoms with Crippen LogP contribution in [0.15, 0.2) is 84.9 Å². The van der Waals surface area contributed by atoms with Crippen molar-refractivity contribution in [2.45, 2.75) is 25.0 Å². The van der Waals surface area contributed by atoms with Gasteiger partial charge in [-0.05, 0) is 35.1 Å². The molecule has 0 radical (unpaired) electrons. The molecule has 0 saturated carbocycles. The first-order valence-electron chi connectivity index (χ1n) is 8.92. The van der Waals surface area contributed by atoms with E-state index in [9.17, 15) is 0 Å². The van der Waals surface area contributed by atoms with Gasteiger partial charge in [0.1, 0.15) is 6.10 Å². The van der Waals surface area contributed by atoms with Crippen LogP contribution in [-0.4, -0.2) is 12.8 Å². The number of fused-ring (bicyclic) bond motifs is 1. The summed E-state index contributed by atoms with van der Waals surface area (Å²) in [4.78, 5) is 0. The van der Waals surface area contributed by atoms with E-state index in [-0.39, 0.29) is 6.10 Å². The third kappa shape index (κ3) is 3.81. The summed E-state index contributed by atoms with van der Waals surface area (Å²) < 4.78 is 6.25. The van der Waals surface area contributed by atoms with Gasteiger partial charge in [-0.15, -0.1) is 0 Å². The Balaban J connectivity index is 1.62. The quantitative estimate of drug-likeness (QED) is 0.763. The Labute approximate surface area is 149 Å². The fourth-order valence-electron chi connectivity index (χ4n) is 3.60. The maximum Gasteiger partial charge on any atom is 0.110 e. The number of hydrogen-bond acceptors (Lipinski definition) is 2. The van der Waals surface area contributed by atoms with Gasteiger partial charge in [-0.2, -0.15) is 0 Å². The van der Waals surface area contributed by atoms with Crippen LogP contribution < -0.4 is 5.32 Å². The molecule has 0 amide bonds. The van der Waals surface area contributed by atoms with E-state index in [4.69, 9.17) is 4.74 Å². The third-order valence-corrected chi connectivity index (χ3v) is 4.85. The monoisotopic (exact) mass is 329 g/mol. The second-order valence-corrected chi connectivity index (χ2v) is 6.60. The molecule has 0 spiro atoms. The van der Waals surface area contributed by atoms with Crippen molar-refractivity contribution >= 4 is 0 Å². The predicted octanol–water partition coefficient (Wildman–Crippen LogP) is 4.51. The number of nitrogens with one attached hydrogen (secondary N) is 1. The fraction of sp³-hybridized carbons (Fsp3) is 0.217. The van der Waals surface area contributed by atoms with Crippen molar-refractivity contribution in [3.8, 4) is 0 Å². The summed E-state index contributed by atoms with van der Waals surface area (Å²) in [5.41, 5.74) is 5.22. The zero-order valence-corrected chi connectivity index (χ0v) is 14.3. The highest BCUT2D eigenvalue weighted by Gasteiger charge is 2.23. The van der Waals surface area contributed by atoms with E-state index in [1.54, 1.807) is 0 Å². The average Bonchev–Trinajstić information content (AvgIpc) is 2.65. The van der Waals surface area contributed by atoms with Crippen LogP contribution in [0.4, 0.5) is 0 Å². The summed E-state index contributed by atoms with van der Waals surface area (Å²) in [5.74, 6) is 0. The van der Waals surface area contributed by atoms with E-state index in [0.29, 0.717) is 12.8 Å². The number of benzene rings is 3. The molecule has 0 saturated heterocycles. The summed E-state index contributed by atoms with van der Waals surface area (Å²) in [5, 5.41) is 3.59. The maximum atomic E-state index is 6.25. The Hall–Kier alpha value is -2.42. The molecule has 0 fully saturated rings. The summed E-state index contributed by atoms with van der Waals surface area (Å²) in [6, 6.07) is 30.2. The lowest BCUT2D eigenvalue weighted by Crippen LogP contribution is -2.37. The Morgan fingerprint density at radius 1 is 0.800 bits per heavy atom. The standard InChI is InChI=1S/C23H23NO/c1-3-9-18(10-4-1)15-21-16-20-13-7-8-14-22(20)23(25-17-24-21)19-11-5-2-6-12-19/h1-14,21,23-24H,15-17H2. The molecular formula is C23H23NO. The lowest BCUT2D eigenvalue weighted by atomic mass is 9.91. The van der Waals surface area contributed by atoms with Crippen LogP contribution >= 0.6 is 0 Å². The fourth-order valence-corrected chi connectivity index (χ4v) is 3.60. The van der Waals surface area contributed by atoms with Gasteiger partial charge in [0, 0.05) is 6.04 Å². The second-order valence-electron chi connectivity index (χ2n) is 6.60. The van der Waals surface area contributed by atoms with E-state index in [0.717, 1.165) is 12.8 Å². The van der Waals surface area contributed by atoms with Gasteiger partial charge in [-0.1, -0.05) is 84.9 Å². The molecule has 4 rings (SSSR count). The highest BCUT2D eigenvalue weighted by Crippen LogP contribution is 2.30. The number of rotatable bonds is 3. The van der Waals surface area contributed by atoms with Gasteiger partial charge >= 0.3 is 0 Å². The van der Waals surface area contributed by atoms with E-state index >= 15 is 0 Å². The Bertz CT molecular complexity index is 801. The van der Waals surface area contributed by atoms with Crippen LogP contribution in [0, 0.1) is 0 Å². The van der Waals surface area contributed by atoms with Gasteiger partial charge in [0.25, 0.3) is 0 Å². The SMILES string of the molecule is c1ccc(CC2Cc3ccccc3C(c3ccccc3)OCN2)cc1. The summed E-state index contributed by atoms with van der Waals surface area (Å²) >= 11 is 0. The summed E-state index contributed by atoms with van der Waals surface area (Å²) in [7, 11) is 0. The van der Waals surface area contributed by atoms with Crippen LogP contribution in [-0.2, 0) is 17.6 Å². The molecule has 1 heterocycles. The van der Waals surface area contributed by atoms with Crippen LogP contribution in [0.2, 0.25) is 0 Å². The summed E-state index contributed by atoms with van der Waals surface area (Å²) in [6.45, 7) is 0.561. The third-order valence-electron chi connectivity index (χ3n) is 4.85. The summed E-state index contributed by atoms with van der Waals surface area (Å²) in [6.07, 6.45) is 2.01. The second kappa shape index (κ2) is 7.64. The van der Waals surface area contributed by atoms with Gasteiger partial charge in [0.2, 0.25) is 0 Å². The predicted molar refractivity (Wildman–Crippen MR) is 101 cm³/mol. The molecule has 0 bridgehead atoms. The molecule has 2 atom stereocenters. The van der Waals surface area contributed by atoms with Gasteiger partial charge in [0.15, 0.2) is 0 Å². The Morgan fingerprint density at radius 3 is 2.28 bits per heavy atom. The normalized spacial score (nSPS) is 20.3. The lowest BCUT2D eigenvalue weighted by Gasteiger charge is -2.29. The molecule has 1 aliphatic rings. The molecule has 0 aromatic heterocycles. The molecule has 2 unspecified atom stereocenters. The van der Waals surface area contributed by atoms with Crippen molar-refractivity contribution in [2.75, 3.05) is 6.73 Å². The van der Waals surface area contributed by atoms with Crippen molar-refractivity contribution in [3.63, 3.8) is 0 Å². The van der Waals surface area contributed by atoms with Crippen LogP contribution in [0.3, 0.4) is 0 Å². The van der Waals surface area contributed by atoms with Crippen molar-refractivity contribution < 1.29 is 4.74 Å². The van der Waals surface area contributed by atoms with E-state index in [2.05, 4.69) is 84.2 Å². The molecule has 3 aromatic carbocycles. The topological polar surface area (TPSA) is 21.3 Å². The van der Waals surface area contributed by atoms with E-state index in [1.165, 1.54) is 22.3 Å². The minimum atomic E-state index is -0.0115. The lowest BCUT2D eigenvalue weighted by molar-refractivity contribution is 0.0539. The van der Waals surface area contributed by atoms with Crippen LogP contribution in [0.5, 0.6) is 0 Å². The van der Waals surface area contributed by atoms with E-state index in [1.807, 2.05) is 6.07 Å². The first kappa shape index (κ1) is 16.1.